The van der Waals surface area contributed by atoms with E-state index in [1.807, 2.05) is 0 Å². The molecule has 0 bridgehead atoms. The van der Waals surface area contributed by atoms with Crippen molar-refractivity contribution in [3.05, 3.63) is 17.7 Å². The second-order valence-electron chi connectivity index (χ2n) is 3.24. The highest BCUT2D eigenvalue weighted by molar-refractivity contribution is 5.70. The number of aromatic nitrogens is 2. The van der Waals surface area contributed by atoms with E-state index in [0.717, 1.165) is 4.57 Å². The van der Waals surface area contributed by atoms with Gasteiger partial charge < -0.3 is 15.1 Å². The molecular weight excluding hydrogens is 202 g/mol. The average Bonchev–Trinajstić information content (AvgIpc) is 2.59. The lowest BCUT2D eigenvalue weighted by Crippen LogP contribution is -2.35. The van der Waals surface area contributed by atoms with Crippen LogP contribution in [0.4, 0.5) is 9.59 Å². The fourth-order valence-electron chi connectivity index (χ4n) is 1.64. The first kappa shape index (κ1) is 9.50. The summed E-state index contributed by atoms with van der Waals surface area (Å²) in [5.74, 6) is 0. The van der Waals surface area contributed by atoms with Crippen molar-refractivity contribution in [2.24, 2.45) is 0 Å². The molecule has 0 unspecified atom stereocenters. The number of hydrogen-bond acceptors (Lipinski definition) is 3. The molecule has 15 heavy (non-hydrogen) atoms. The Hall–Kier alpha value is -2.05. The molecule has 2 rings (SSSR count). The highest BCUT2D eigenvalue weighted by atomic mass is 16.4. The molecule has 7 nitrogen and oxygen atoms in total. The molecule has 0 aliphatic carbocycles. The van der Waals surface area contributed by atoms with Crippen LogP contribution in [0.2, 0.25) is 0 Å². The molecule has 0 atom stereocenters. The molecule has 2 heterocycles. The SMILES string of the molecule is O=C(O)N1CCc2c(ncn2C(=O)O)C1. The first-order valence-corrected chi connectivity index (χ1v) is 4.36. The van der Waals surface area contributed by atoms with Gasteiger partial charge in [0.15, 0.2) is 0 Å². The van der Waals surface area contributed by atoms with Crippen LogP contribution < -0.4 is 0 Å². The van der Waals surface area contributed by atoms with E-state index in [2.05, 4.69) is 4.98 Å². The van der Waals surface area contributed by atoms with Gasteiger partial charge in [-0.2, -0.15) is 0 Å². The van der Waals surface area contributed by atoms with Crippen LogP contribution in [0.3, 0.4) is 0 Å². The van der Waals surface area contributed by atoms with Gasteiger partial charge in [-0.05, 0) is 0 Å². The summed E-state index contributed by atoms with van der Waals surface area (Å²) in [6.07, 6.45) is -0.509. The molecule has 7 heteroatoms. The minimum Gasteiger partial charge on any atom is -0.465 e. The average molecular weight is 211 g/mol. The van der Waals surface area contributed by atoms with Gasteiger partial charge in [0.05, 0.1) is 17.9 Å². The number of hydrogen-bond donors (Lipinski definition) is 2. The van der Waals surface area contributed by atoms with Crippen molar-refractivity contribution in [1.82, 2.24) is 14.5 Å². The van der Waals surface area contributed by atoms with E-state index in [1.165, 1.54) is 11.2 Å². The molecular formula is C8H9N3O4. The summed E-state index contributed by atoms with van der Waals surface area (Å²) in [4.78, 5) is 26.5. The maximum Gasteiger partial charge on any atom is 0.417 e. The Bertz CT molecular complexity index is 426. The summed E-state index contributed by atoms with van der Waals surface area (Å²) in [5, 5.41) is 17.6. The standard InChI is InChI=1S/C8H9N3O4/c12-7(13)10-2-1-6-5(3-10)9-4-11(6)8(14)15/h4H,1-3H2,(H,12,13)(H,14,15). The van der Waals surface area contributed by atoms with Crippen molar-refractivity contribution in [2.75, 3.05) is 6.54 Å². The first-order chi connectivity index (χ1) is 7.09. The van der Waals surface area contributed by atoms with Crippen LogP contribution >= 0.6 is 0 Å². The summed E-state index contributed by atoms with van der Waals surface area (Å²) in [6, 6.07) is 0. The maximum atomic E-state index is 10.7. The number of amides is 1. The lowest BCUT2D eigenvalue weighted by atomic mass is 10.1. The third-order valence-corrected chi connectivity index (χ3v) is 2.39. The lowest BCUT2D eigenvalue weighted by molar-refractivity contribution is 0.139. The number of carbonyl (C=O) groups is 2. The van der Waals surface area contributed by atoms with Crippen molar-refractivity contribution >= 4 is 12.2 Å². The van der Waals surface area contributed by atoms with Gasteiger partial charge in [0.25, 0.3) is 0 Å². The van der Waals surface area contributed by atoms with Gasteiger partial charge in [-0.25, -0.2) is 19.1 Å². The Morgan fingerprint density at radius 2 is 2.07 bits per heavy atom. The summed E-state index contributed by atoms with van der Waals surface area (Å²) >= 11 is 0. The summed E-state index contributed by atoms with van der Waals surface area (Å²) in [6.45, 7) is 0.465. The molecule has 0 aromatic carbocycles. The molecule has 0 spiro atoms. The quantitative estimate of drug-likeness (QED) is 0.649. The van der Waals surface area contributed by atoms with Crippen LogP contribution in [0.5, 0.6) is 0 Å². The van der Waals surface area contributed by atoms with Crippen LogP contribution in [-0.2, 0) is 13.0 Å². The minimum absolute atomic E-state index is 0.158. The number of carboxylic acid groups (broad SMARTS) is 2. The zero-order valence-corrected chi connectivity index (χ0v) is 7.75. The van der Waals surface area contributed by atoms with E-state index in [4.69, 9.17) is 10.2 Å². The molecule has 1 amide bonds. The normalized spacial score (nSPS) is 14.8. The monoisotopic (exact) mass is 211 g/mol. The second kappa shape index (κ2) is 3.26. The molecule has 1 aliphatic rings. The Morgan fingerprint density at radius 3 is 2.67 bits per heavy atom. The molecule has 1 aromatic rings. The van der Waals surface area contributed by atoms with Crippen LogP contribution in [-0.4, -0.2) is 43.4 Å². The molecule has 80 valence electrons. The number of imidazole rings is 1. The predicted molar refractivity (Wildman–Crippen MR) is 47.8 cm³/mol. The Labute approximate surface area is 84.6 Å². The van der Waals surface area contributed by atoms with E-state index in [1.54, 1.807) is 0 Å². The van der Waals surface area contributed by atoms with Gasteiger partial charge in [-0.15, -0.1) is 0 Å². The largest absolute Gasteiger partial charge is 0.465 e. The van der Waals surface area contributed by atoms with E-state index in [-0.39, 0.29) is 6.54 Å². The fourth-order valence-corrected chi connectivity index (χ4v) is 1.64. The van der Waals surface area contributed by atoms with E-state index < -0.39 is 12.2 Å². The van der Waals surface area contributed by atoms with E-state index >= 15 is 0 Å². The van der Waals surface area contributed by atoms with Crippen LogP contribution in [0.15, 0.2) is 6.33 Å². The van der Waals surface area contributed by atoms with Gasteiger partial charge in [0, 0.05) is 13.0 Å². The third kappa shape index (κ3) is 1.51. The summed E-state index contributed by atoms with van der Waals surface area (Å²) in [7, 11) is 0. The summed E-state index contributed by atoms with van der Waals surface area (Å²) in [5.41, 5.74) is 1.10. The van der Waals surface area contributed by atoms with Crippen molar-refractivity contribution in [3.8, 4) is 0 Å². The highest BCUT2D eigenvalue weighted by Gasteiger charge is 2.25. The van der Waals surface area contributed by atoms with Gasteiger partial charge in [-0.1, -0.05) is 0 Å². The van der Waals surface area contributed by atoms with Crippen molar-refractivity contribution in [2.45, 2.75) is 13.0 Å². The fraction of sp³-hybridized carbons (Fsp3) is 0.375. The Kier molecular flexibility index (Phi) is 2.07. The van der Waals surface area contributed by atoms with Crippen molar-refractivity contribution < 1.29 is 19.8 Å². The Balaban J connectivity index is 2.30. The smallest absolute Gasteiger partial charge is 0.417 e. The molecule has 1 aromatic heterocycles. The van der Waals surface area contributed by atoms with E-state index in [9.17, 15) is 9.59 Å². The van der Waals surface area contributed by atoms with E-state index in [0.29, 0.717) is 24.4 Å². The first-order valence-electron chi connectivity index (χ1n) is 4.36. The highest BCUT2D eigenvalue weighted by Crippen LogP contribution is 2.17. The van der Waals surface area contributed by atoms with Crippen LogP contribution in [0.1, 0.15) is 11.4 Å². The molecule has 0 fully saturated rings. The molecule has 1 aliphatic heterocycles. The third-order valence-electron chi connectivity index (χ3n) is 2.39. The van der Waals surface area contributed by atoms with Crippen molar-refractivity contribution in [3.63, 3.8) is 0 Å². The second-order valence-corrected chi connectivity index (χ2v) is 3.24. The van der Waals surface area contributed by atoms with Crippen LogP contribution in [0, 0.1) is 0 Å². The Morgan fingerprint density at radius 1 is 1.33 bits per heavy atom. The topological polar surface area (TPSA) is 95.7 Å². The maximum absolute atomic E-state index is 10.7. The van der Waals surface area contributed by atoms with Gasteiger partial charge in [0.2, 0.25) is 0 Å². The summed E-state index contributed by atoms with van der Waals surface area (Å²) < 4.78 is 1.04. The molecule has 0 radical (unpaired) electrons. The zero-order chi connectivity index (χ0) is 11.0. The minimum atomic E-state index is -1.09. The predicted octanol–water partition coefficient (Wildman–Crippen LogP) is 0.445. The zero-order valence-electron chi connectivity index (χ0n) is 7.75. The molecule has 0 saturated heterocycles. The lowest BCUT2D eigenvalue weighted by Gasteiger charge is -2.23. The van der Waals surface area contributed by atoms with Gasteiger partial charge in [-0.3, -0.25) is 0 Å². The number of rotatable bonds is 0. The van der Waals surface area contributed by atoms with Gasteiger partial charge in [0.1, 0.15) is 6.33 Å². The van der Waals surface area contributed by atoms with Crippen molar-refractivity contribution in [1.29, 1.82) is 0 Å². The molecule has 0 saturated carbocycles. The number of fused-ring (bicyclic) bond motifs is 1. The molecule has 2 N–H and O–H groups in total. The van der Waals surface area contributed by atoms with Crippen LogP contribution in [0.25, 0.3) is 0 Å². The van der Waals surface area contributed by atoms with Gasteiger partial charge >= 0.3 is 12.2 Å². The number of nitrogens with zero attached hydrogens (tertiary/aromatic N) is 3.